The highest BCUT2D eigenvalue weighted by Gasteiger charge is 2.02. The Morgan fingerprint density at radius 2 is 1.93 bits per heavy atom. The fourth-order valence-electron chi connectivity index (χ4n) is 1.31. The molecular formula is C11H8Cl2N2. The third kappa shape index (κ3) is 2.67. The summed E-state index contributed by atoms with van der Waals surface area (Å²) in [4.78, 5) is 0. The van der Waals surface area contributed by atoms with E-state index in [1.54, 1.807) is 6.07 Å². The molecule has 0 amide bonds. The molecule has 1 heterocycles. The standard InChI is InChI=1S/C11H8Cl2N2/c12-9-6-10(15-14-7-9)5-8-3-1-2-4-11(8)13/h1-4,6-7H,5H2. The second kappa shape index (κ2) is 4.60. The van der Waals surface area contributed by atoms with Crippen LogP contribution in [0.2, 0.25) is 10.0 Å². The first-order valence-electron chi connectivity index (χ1n) is 4.46. The number of aromatic nitrogens is 2. The van der Waals surface area contributed by atoms with Crippen molar-refractivity contribution in [1.29, 1.82) is 0 Å². The second-order valence-electron chi connectivity index (χ2n) is 3.13. The van der Waals surface area contributed by atoms with Crippen molar-refractivity contribution in [3.05, 3.63) is 57.8 Å². The summed E-state index contributed by atoms with van der Waals surface area (Å²) in [6.07, 6.45) is 2.16. The highest BCUT2D eigenvalue weighted by Crippen LogP contribution is 2.18. The Kier molecular flexibility index (Phi) is 3.19. The van der Waals surface area contributed by atoms with Crippen molar-refractivity contribution in [2.45, 2.75) is 6.42 Å². The maximum absolute atomic E-state index is 6.03. The summed E-state index contributed by atoms with van der Waals surface area (Å²) < 4.78 is 0. The maximum atomic E-state index is 6.03. The molecule has 2 aromatic rings. The summed E-state index contributed by atoms with van der Waals surface area (Å²) >= 11 is 11.8. The molecule has 0 unspecified atom stereocenters. The topological polar surface area (TPSA) is 25.8 Å². The molecule has 0 spiro atoms. The zero-order valence-electron chi connectivity index (χ0n) is 7.82. The summed E-state index contributed by atoms with van der Waals surface area (Å²) in [7, 11) is 0. The van der Waals surface area contributed by atoms with Gasteiger partial charge < -0.3 is 0 Å². The summed E-state index contributed by atoms with van der Waals surface area (Å²) in [6.45, 7) is 0. The minimum atomic E-state index is 0.590. The predicted molar refractivity (Wildman–Crippen MR) is 61.3 cm³/mol. The van der Waals surface area contributed by atoms with Crippen LogP contribution in [-0.4, -0.2) is 10.2 Å². The van der Waals surface area contributed by atoms with E-state index in [2.05, 4.69) is 10.2 Å². The van der Waals surface area contributed by atoms with Crippen molar-refractivity contribution in [3.63, 3.8) is 0 Å². The van der Waals surface area contributed by atoms with Gasteiger partial charge in [-0.25, -0.2) is 0 Å². The minimum Gasteiger partial charge on any atom is -0.157 e. The molecule has 0 bridgehead atoms. The van der Waals surface area contributed by atoms with E-state index in [1.165, 1.54) is 6.20 Å². The summed E-state index contributed by atoms with van der Waals surface area (Å²) in [6, 6.07) is 9.45. The third-order valence-corrected chi connectivity index (χ3v) is 2.58. The molecule has 1 aromatic heterocycles. The highest BCUT2D eigenvalue weighted by atomic mass is 35.5. The van der Waals surface area contributed by atoms with Crippen molar-refractivity contribution in [2.24, 2.45) is 0 Å². The summed E-state index contributed by atoms with van der Waals surface area (Å²) in [5, 5.41) is 9.09. The van der Waals surface area contributed by atoms with Gasteiger partial charge >= 0.3 is 0 Å². The molecule has 0 atom stereocenters. The van der Waals surface area contributed by atoms with Crippen LogP contribution in [0.4, 0.5) is 0 Å². The van der Waals surface area contributed by atoms with Crippen LogP contribution >= 0.6 is 23.2 Å². The summed E-state index contributed by atoms with van der Waals surface area (Å²) in [5.41, 5.74) is 1.84. The van der Waals surface area contributed by atoms with Gasteiger partial charge in [0, 0.05) is 11.4 Å². The second-order valence-corrected chi connectivity index (χ2v) is 3.98. The van der Waals surface area contributed by atoms with Gasteiger partial charge in [-0.15, -0.1) is 0 Å². The van der Waals surface area contributed by atoms with Crippen LogP contribution in [0.5, 0.6) is 0 Å². The Hall–Kier alpha value is -1.12. The number of hydrogen-bond donors (Lipinski definition) is 0. The quantitative estimate of drug-likeness (QED) is 0.802. The molecule has 4 heteroatoms. The van der Waals surface area contributed by atoms with E-state index in [9.17, 15) is 0 Å². The van der Waals surface area contributed by atoms with Crippen LogP contribution in [0.15, 0.2) is 36.5 Å². The number of hydrogen-bond acceptors (Lipinski definition) is 2. The highest BCUT2D eigenvalue weighted by molar-refractivity contribution is 6.31. The molecule has 0 radical (unpaired) electrons. The Bertz CT molecular complexity index is 472. The monoisotopic (exact) mass is 238 g/mol. The lowest BCUT2D eigenvalue weighted by Crippen LogP contribution is -1.94. The lowest BCUT2D eigenvalue weighted by atomic mass is 10.1. The van der Waals surface area contributed by atoms with Gasteiger partial charge in [-0.2, -0.15) is 10.2 Å². The van der Waals surface area contributed by atoms with E-state index < -0.39 is 0 Å². The molecule has 0 aliphatic heterocycles. The smallest absolute Gasteiger partial charge is 0.0690 e. The molecule has 0 aliphatic carbocycles. The minimum absolute atomic E-state index is 0.590. The fraction of sp³-hybridized carbons (Fsp3) is 0.0909. The molecular weight excluding hydrogens is 231 g/mol. The molecule has 76 valence electrons. The van der Waals surface area contributed by atoms with Gasteiger partial charge in [0.25, 0.3) is 0 Å². The van der Waals surface area contributed by atoms with Gasteiger partial charge in [0.2, 0.25) is 0 Å². The van der Waals surface area contributed by atoms with Crippen LogP contribution in [0.25, 0.3) is 0 Å². The molecule has 0 aliphatic rings. The van der Waals surface area contributed by atoms with E-state index in [0.717, 1.165) is 16.3 Å². The zero-order valence-corrected chi connectivity index (χ0v) is 9.33. The first-order chi connectivity index (χ1) is 7.25. The normalized spacial score (nSPS) is 10.3. The van der Waals surface area contributed by atoms with Crippen molar-refractivity contribution in [1.82, 2.24) is 10.2 Å². The SMILES string of the molecule is Clc1cnnc(Cc2ccccc2Cl)c1. The van der Waals surface area contributed by atoms with E-state index in [-0.39, 0.29) is 0 Å². The van der Waals surface area contributed by atoms with E-state index >= 15 is 0 Å². The Morgan fingerprint density at radius 1 is 1.13 bits per heavy atom. The van der Waals surface area contributed by atoms with Crippen molar-refractivity contribution < 1.29 is 0 Å². The van der Waals surface area contributed by atoms with Crippen LogP contribution < -0.4 is 0 Å². The lowest BCUT2D eigenvalue weighted by Gasteiger charge is -2.02. The molecule has 15 heavy (non-hydrogen) atoms. The van der Waals surface area contributed by atoms with Crippen LogP contribution in [0, 0.1) is 0 Å². The van der Waals surface area contributed by atoms with Gasteiger partial charge in [-0.3, -0.25) is 0 Å². The van der Waals surface area contributed by atoms with Gasteiger partial charge in [-0.1, -0.05) is 41.4 Å². The average Bonchev–Trinajstić information content (AvgIpc) is 2.22. The van der Waals surface area contributed by atoms with E-state index in [1.807, 2.05) is 24.3 Å². The predicted octanol–water partition coefficient (Wildman–Crippen LogP) is 3.37. The fourth-order valence-corrected chi connectivity index (χ4v) is 1.68. The molecule has 0 fully saturated rings. The van der Waals surface area contributed by atoms with Crippen LogP contribution in [0.3, 0.4) is 0 Å². The first-order valence-corrected chi connectivity index (χ1v) is 5.22. The maximum Gasteiger partial charge on any atom is 0.0690 e. The van der Waals surface area contributed by atoms with Crippen molar-refractivity contribution in [3.8, 4) is 0 Å². The Balaban J connectivity index is 2.26. The van der Waals surface area contributed by atoms with E-state index in [4.69, 9.17) is 23.2 Å². The van der Waals surface area contributed by atoms with Crippen molar-refractivity contribution >= 4 is 23.2 Å². The van der Waals surface area contributed by atoms with Crippen molar-refractivity contribution in [2.75, 3.05) is 0 Å². The van der Waals surface area contributed by atoms with Crippen LogP contribution in [0.1, 0.15) is 11.3 Å². The van der Waals surface area contributed by atoms with E-state index in [0.29, 0.717) is 11.4 Å². The number of halogens is 2. The van der Waals surface area contributed by atoms with Gasteiger partial charge in [-0.05, 0) is 17.7 Å². The molecule has 2 nitrogen and oxygen atoms in total. The molecule has 1 aromatic carbocycles. The first kappa shape index (κ1) is 10.4. The molecule has 2 rings (SSSR count). The van der Waals surface area contributed by atoms with Crippen LogP contribution in [-0.2, 0) is 6.42 Å². The molecule has 0 N–H and O–H groups in total. The Morgan fingerprint density at radius 3 is 2.67 bits per heavy atom. The lowest BCUT2D eigenvalue weighted by molar-refractivity contribution is 0.937. The molecule has 0 saturated carbocycles. The van der Waals surface area contributed by atoms with Gasteiger partial charge in [0.05, 0.1) is 16.9 Å². The summed E-state index contributed by atoms with van der Waals surface area (Å²) in [5.74, 6) is 0. The average molecular weight is 239 g/mol. The molecule has 0 saturated heterocycles. The largest absolute Gasteiger partial charge is 0.157 e. The Labute approximate surface area is 97.9 Å². The third-order valence-electron chi connectivity index (χ3n) is 2.00. The number of rotatable bonds is 2. The van der Waals surface area contributed by atoms with Gasteiger partial charge in [0.15, 0.2) is 0 Å². The zero-order chi connectivity index (χ0) is 10.7. The number of benzene rings is 1. The number of nitrogens with zero attached hydrogens (tertiary/aromatic N) is 2. The van der Waals surface area contributed by atoms with Gasteiger partial charge in [0.1, 0.15) is 0 Å².